The van der Waals surface area contributed by atoms with Crippen LogP contribution in [0.1, 0.15) is 30.8 Å². The summed E-state index contributed by atoms with van der Waals surface area (Å²) >= 11 is 0. The third-order valence-corrected chi connectivity index (χ3v) is 2.36. The third-order valence-electron chi connectivity index (χ3n) is 2.36. The molecule has 2 N–H and O–H groups in total. The zero-order chi connectivity index (χ0) is 7.84. The van der Waals surface area contributed by atoms with Crippen LogP contribution >= 0.6 is 0 Å². The first-order valence-corrected chi connectivity index (χ1v) is 4.10. The molecule has 0 saturated heterocycles. The van der Waals surface area contributed by atoms with Gasteiger partial charge >= 0.3 is 0 Å². The van der Waals surface area contributed by atoms with E-state index in [9.17, 15) is 0 Å². The molecule has 1 aliphatic rings. The van der Waals surface area contributed by atoms with Crippen LogP contribution in [0, 0.1) is 5.92 Å². The Labute approximate surface area is 66.4 Å². The van der Waals surface area contributed by atoms with E-state index in [0.29, 0.717) is 12.5 Å². The number of hydrogen-bond acceptors (Lipinski definition) is 2. The largest absolute Gasteiger partial charge is 0.464 e. The number of furan rings is 1. The van der Waals surface area contributed by atoms with E-state index in [0.717, 1.165) is 17.4 Å². The van der Waals surface area contributed by atoms with E-state index in [4.69, 9.17) is 10.2 Å². The Morgan fingerprint density at radius 1 is 1.64 bits per heavy atom. The lowest BCUT2D eigenvalue weighted by Gasteiger charge is -1.90. The smallest absolute Gasteiger partial charge is 0.117 e. The van der Waals surface area contributed by atoms with Gasteiger partial charge in [-0.1, -0.05) is 6.92 Å². The summed E-state index contributed by atoms with van der Waals surface area (Å²) in [7, 11) is 0. The van der Waals surface area contributed by atoms with Gasteiger partial charge in [0.2, 0.25) is 0 Å². The maximum atomic E-state index is 5.50. The van der Waals surface area contributed by atoms with Crippen LogP contribution in [0.2, 0.25) is 0 Å². The van der Waals surface area contributed by atoms with Crippen molar-refractivity contribution in [2.75, 3.05) is 0 Å². The lowest BCUT2D eigenvalue weighted by Crippen LogP contribution is -1.92. The molecule has 11 heavy (non-hydrogen) atoms. The molecule has 1 aromatic rings. The number of hydrogen-bond donors (Lipinski definition) is 1. The molecule has 1 fully saturated rings. The van der Waals surface area contributed by atoms with E-state index in [1.54, 1.807) is 0 Å². The van der Waals surface area contributed by atoms with E-state index in [1.807, 2.05) is 6.07 Å². The van der Waals surface area contributed by atoms with Crippen molar-refractivity contribution in [3.63, 3.8) is 0 Å². The summed E-state index contributed by atoms with van der Waals surface area (Å²) in [5, 5.41) is 0. The fourth-order valence-electron chi connectivity index (χ4n) is 1.42. The molecule has 2 atom stereocenters. The number of nitrogens with two attached hydrogens (primary N) is 1. The molecule has 0 unspecified atom stereocenters. The van der Waals surface area contributed by atoms with Gasteiger partial charge in [0.15, 0.2) is 0 Å². The maximum Gasteiger partial charge on any atom is 0.117 e. The first-order valence-electron chi connectivity index (χ1n) is 4.10. The Hall–Kier alpha value is -0.760. The highest BCUT2D eigenvalue weighted by molar-refractivity contribution is 5.17. The summed E-state index contributed by atoms with van der Waals surface area (Å²) in [6, 6.07) is 4.02. The highest BCUT2D eigenvalue weighted by atomic mass is 16.3. The summed E-state index contributed by atoms with van der Waals surface area (Å²) in [6.45, 7) is 2.76. The summed E-state index contributed by atoms with van der Waals surface area (Å²) < 4.78 is 5.50. The zero-order valence-electron chi connectivity index (χ0n) is 6.71. The summed E-state index contributed by atoms with van der Waals surface area (Å²) in [6.07, 6.45) is 1.28. The molecule has 0 radical (unpaired) electrons. The van der Waals surface area contributed by atoms with Crippen molar-refractivity contribution in [2.24, 2.45) is 11.7 Å². The van der Waals surface area contributed by atoms with Crippen LogP contribution < -0.4 is 5.73 Å². The molecule has 2 rings (SSSR count). The molecule has 0 aliphatic heterocycles. The quantitative estimate of drug-likeness (QED) is 0.700. The van der Waals surface area contributed by atoms with E-state index in [1.165, 1.54) is 6.42 Å². The van der Waals surface area contributed by atoms with Gasteiger partial charge in [-0.05, 0) is 24.5 Å². The second-order valence-corrected chi connectivity index (χ2v) is 3.33. The SMILES string of the molecule is C[C@H]1C[C@@H]1c1ccc(CN)o1. The molecule has 0 spiro atoms. The van der Waals surface area contributed by atoms with Gasteiger partial charge in [-0.25, -0.2) is 0 Å². The topological polar surface area (TPSA) is 39.2 Å². The third kappa shape index (κ3) is 1.18. The molecule has 1 aromatic heterocycles. The van der Waals surface area contributed by atoms with Crippen LogP contribution in [0.3, 0.4) is 0 Å². The van der Waals surface area contributed by atoms with Gasteiger partial charge in [0.05, 0.1) is 6.54 Å². The van der Waals surface area contributed by atoms with Crippen molar-refractivity contribution in [1.29, 1.82) is 0 Å². The Morgan fingerprint density at radius 2 is 2.36 bits per heavy atom. The van der Waals surface area contributed by atoms with Crippen LogP contribution in [0.4, 0.5) is 0 Å². The van der Waals surface area contributed by atoms with E-state index in [2.05, 4.69) is 13.0 Å². The lowest BCUT2D eigenvalue weighted by atomic mass is 10.3. The minimum atomic E-state index is 0.515. The van der Waals surface area contributed by atoms with Crippen LogP contribution in [0.25, 0.3) is 0 Å². The van der Waals surface area contributed by atoms with Gasteiger partial charge in [0, 0.05) is 5.92 Å². The molecule has 2 nitrogen and oxygen atoms in total. The molecule has 2 heteroatoms. The van der Waals surface area contributed by atoms with Crippen molar-refractivity contribution in [3.05, 3.63) is 23.7 Å². The average molecular weight is 151 g/mol. The second-order valence-electron chi connectivity index (χ2n) is 3.33. The highest BCUT2D eigenvalue weighted by Gasteiger charge is 2.36. The Bertz CT molecular complexity index is 254. The van der Waals surface area contributed by atoms with E-state index in [-0.39, 0.29) is 0 Å². The molecule has 0 bridgehead atoms. The van der Waals surface area contributed by atoms with Crippen molar-refractivity contribution >= 4 is 0 Å². The predicted molar refractivity (Wildman–Crippen MR) is 43.1 cm³/mol. The zero-order valence-corrected chi connectivity index (χ0v) is 6.71. The van der Waals surface area contributed by atoms with Crippen LogP contribution in [0.5, 0.6) is 0 Å². The molecular weight excluding hydrogens is 138 g/mol. The van der Waals surface area contributed by atoms with Gasteiger partial charge in [-0.2, -0.15) is 0 Å². The molecular formula is C9H13NO. The van der Waals surface area contributed by atoms with Gasteiger partial charge in [-0.3, -0.25) is 0 Å². The van der Waals surface area contributed by atoms with Crippen LogP contribution in [-0.4, -0.2) is 0 Å². The lowest BCUT2D eigenvalue weighted by molar-refractivity contribution is 0.463. The molecule has 0 amide bonds. The van der Waals surface area contributed by atoms with Crippen molar-refractivity contribution in [3.8, 4) is 0 Å². The highest BCUT2D eigenvalue weighted by Crippen LogP contribution is 2.47. The molecule has 60 valence electrons. The van der Waals surface area contributed by atoms with E-state index >= 15 is 0 Å². The monoisotopic (exact) mass is 151 g/mol. The van der Waals surface area contributed by atoms with Crippen molar-refractivity contribution in [2.45, 2.75) is 25.8 Å². The van der Waals surface area contributed by atoms with Gasteiger partial charge in [-0.15, -0.1) is 0 Å². The van der Waals surface area contributed by atoms with Crippen LogP contribution in [-0.2, 0) is 6.54 Å². The Morgan fingerprint density at radius 3 is 2.82 bits per heavy atom. The minimum Gasteiger partial charge on any atom is -0.464 e. The van der Waals surface area contributed by atoms with E-state index < -0.39 is 0 Å². The van der Waals surface area contributed by atoms with Gasteiger partial charge in [0.1, 0.15) is 11.5 Å². The maximum absolute atomic E-state index is 5.50. The minimum absolute atomic E-state index is 0.515. The van der Waals surface area contributed by atoms with Crippen LogP contribution in [0.15, 0.2) is 16.5 Å². The van der Waals surface area contributed by atoms with Gasteiger partial charge in [0.25, 0.3) is 0 Å². The van der Waals surface area contributed by atoms with Crippen molar-refractivity contribution < 1.29 is 4.42 Å². The summed E-state index contributed by atoms with van der Waals surface area (Å²) in [5.74, 6) is 3.51. The summed E-state index contributed by atoms with van der Waals surface area (Å²) in [4.78, 5) is 0. The Balaban J connectivity index is 2.13. The fraction of sp³-hybridized carbons (Fsp3) is 0.556. The number of rotatable bonds is 2. The summed E-state index contributed by atoms with van der Waals surface area (Å²) in [5.41, 5.74) is 5.42. The second kappa shape index (κ2) is 2.38. The standard InChI is InChI=1S/C9H13NO/c1-6-4-8(6)9-3-2-7(5-10)11-9/h2-3,6,8H,4-5,10H2,1H3/t6-,8-/m0/s1. The Kier molecular flexibility index (Phi) is 1.50. The normalized spacial score (nSPS) is 28.9. The molecule has 1 aliphatic carbocycles. The predicted octanol–water partition coefficient (Wildman–Crippen LogP) is 1.86. The first kappa shape index (κ1) is 6.92. The van der Waals surface area contributed by atoms with Crippen molar-refractivity contribution in [1.82, 2.24) is 0 Å². The molecule has 0 aromatic carbocycles. The fourth-order valence-corrected chi connectivity index (χ4v) is 1.42. The first-order chi connectivity index (χ1) is 5.31. The average Bonchev–Trinajstić information content (AvgIpc) is 2.59. The van der Waals surface area contributed by atoms with Gasteiger partial charge < -0.3 is 10.2 Å². The molecule has 1 heterocycles. The molecule has 1 saturated carbocycles.